The van der Waals surface area contributed by atoms with Gasteiger partial charge in [0, 0.05) is 18.3 Å². The van der Waals surface area contributed by atoms with Crippen LogP contribution in [-0.2, 0) is 13.2 Å². The standard InChI is InChI=1S/C18H24N2O/c1-2-3-7-12-19-14-16-9-4-5-11-18(16)21-15-17-10-6-8-13-20-17/h4-6,8-11,13,19H,2-3,7,12,14-15H2,1H3. The Hall–Kier alpha value is -1.87. The lowest BCUT2D eigenvalue weighted by molar-refractivity contribution is 0.297. The van der Waals surface area contributed by atoms with E-state index < -0.39 is 0 Å². The van der Waals surface area contributed by atoms with Crippen molar-refractivity contribution in [2.45, 2.75) is 39.3 Å². The van der Waals surface area contributed by atoms with E-state index in [9.17, 15) is 0 Å². The predicted octanol–water partition coefficient (Wildman–Crippen LogP) is 3.94. The Morgan fingerprint density at radius 3 is 2.71 bits per heavy atom. The highest BCUT2D eigenvalue weighted by molar-refractivity contribution is 5.33. The van der Waals surface area contributed by atoms with Crippen LogP contribution in [0.3, 0.4) is 0 Å². The number of hydrogen-bond acceptors (Lipinski definition) is 3. The topological polar surface area (TPSA) is 34.1 Å². The summed E-state index contributed by atoms with van der Waals surface area (Å²) in [5.41, 5.74) is 2.15. The summed E-state index contributed by atoms with van der Waals surface area (Å²) in [5.74, 6) is 0.936. The van der Waals surface area contributed by atoms with Crippen molar-refractivity contribution >= 4 is 0 Å². The van der Waals surface area contributed by atoms with E-state index in [1.165, 1.54) is 24.8 Å². The minimum absolute atomic E-state index is 0.508. The summed E-state index contributed by atoms with van der Waals surface area (Å²) in [6, 6.07) is 14.1. The molecule has 0 aliphatic carbocycles. The van der Waals surface area contributed by atoms with Crippen LogP contribution in [0.5, 0.6) is 5.75 Å². The number of ether oxygens (including phenoxy) is 1. The molecule has 0 radical (unpaired) electrons. The number of benzene rings is 1. The molecule has 0 saturated carbocycles. The van der Waals surface area contributed by atoms with Crippen LogP contribution >= 0.6 is 0 Å². The van der Waals surface area contributed by atoms with Gasteiger partial charge in [-0.05, 0) is 31.2 Å². The maximum atomic E-state index is 5.90. The van der Waals surface area contributed by atoms with Crippen LogP contribution in [0.4, 0.5) is 0 Å². The molecule has 1 aromatic carbocycles. The number of nitrogens with one attached hydrogen (secondary N) is 1. The smallest absolute Gasteiger partial charge is 0.130 e. The molecule has 0 bridgehead atoms. The number of pyridine rings is 1. The Kier molecular flexibility index (Phi) is 6.75. The molecule has 0 unspecified atom stereocenters. The number of para-hydroxylation sites is 1. The van der Waals surface area contributed by atoms with Crippen LogP contribution in [0.15, 0.2) is 48.7 Å². The molecule has 21 heavy (non-hydrogen) atoms. The van der Waals surface area contributed by atoms with Crippen molar-refractivity contribution in [3.05, 3.63) is 59.9 Å². The summed E-state index contributed by atoms with van der Waals surface area (Å²) in [6.07, 6.45) is 5.56. The van der Waals surface area contributed by atoms with Crippen LogP contribution in [-0.4, -0.2) is 11.5 Å². The second-order valence-electron chi connectivity index (χ2n) is 5.10. The first-order chi connectivity index (χ1) is 10.4. The van der Waals surface area contributed by atoms with Crippen LogP contribution in [0.1, 0.15) is 37.4 Å². The van der Waals surface area contributed by atoms with Gasteiger partial charge in [0.1, 0.15) is 12.4 Å². The highest BCUT2D eigenvalue weighted by Crippen LogP contribution is 2.18. The minimum Gasteiger partial charge on any atom is -0.487 e. The van der Waals surface area contributed by atoms with Gasteiger partial charge in [-0.1, -0.05) is 44.0 Å². The third-order valence-corrected chi connectivity index (χ3v) is 3.35. The van der Waals surface area contributed by atoms with Crippen LogP contribution in [0.2, 0.25) is 0 Å². The van der Waals surface area contributed by atoms with Gasteiger partial charge in [0.15, 0.2) is 0 Å². The Morgan fingerprint density at radius 2 is 1.90 bits per heavy atom. The van der Waals surface area contributed by atoms with E-state index in [1.807, 2.05) is 30.3 Å². The summed E-state index contributed by atoms with van der Waals surface area (Å²) in [4.78, 5) is 4.28. The minimum atomic E-state index is 0.508. The van der Waals surface area contributed by atoms with Gasteiger partial charge in [-0.25, -0.2) is 0 Å². The van der Waals surface area contributed by atoms with Gasteiger partial charge >= 0.3 is 0 Å². The molecule has 0 saturated heterocycles. The van der Waals surface area contributed by atoms with E-state index in [2.05, 4.69) is 29.4 Å². The van der Waals surface area contributed by atoms with E-state index in [0.717, 1.165) is 24.5 Å². The normalized spacial score (nSPS) is 10.5. The summed E-state index contributed by atoms with van der Waals surface area (Å²) < 4.78 is 5.90. The molecule has 112 valence electrons. The van der Waals surface area contributed by atoms with E-state index in [-0.39, 0.29) is 0 Å². The molecule has 1 heterocycles. The van der Waals surface area contributed by atoms with Crippen LogP contribution in [0.25, 0.3) is 0 Å². The molecule has 3 heteroatoms. The number of hydrogen-bond donors (Lipinski definition) is 1. The van der Waals surface area contributed by atoms with Gasteiger partial charge in [0.2, 0.25) is 0 Å². The lowest BCUT2D eigenvalue weighted by Gasteiger charge is -2.12. The highest BCUT2D eigenvalue weighted by Gasteiger charge is 2.03. The van der Waals surface area contributed by atoms with Gasteiger partial charge in [-0.15, -0.1) is 0 Å². The molecule has 0 atom stereocenters. The number of rotatable bonds is 9. The summed E-state index contributed by atoms with van der Waals surface area (Å²) in [7, 11) is 0. The molecule has 2 rings (SSSR count). The molecule has 1 aromatic heterocycles. The first-order valence-corrected chi connectivity index (χ1v) is 7.71. The fraction of sp³-hybridized carbons (Fsp3) is 0.389. The lowest BCUT2D eigenvalue weighted by Crippen LogP contribution is -2.15. The monoisotopic (exact) mass is 284 g/mol. The molecule has 0 fully saturated rings. The second-order valence-corrected chi connectivity index (χ2v) is 5.10. The van der Waals surface area contributed by atoms with Crippen molar-refractivity contribution in [3.63, 3.8) is 0 Å². The SMILES string of the molecule is CCCCCNCc1ccccc1OCc1ccccn1. The van der Waals surface area contributed by atoms with Crippen molar-refractivity contribution in [3.8, 4) is 5.75 Å². The van der Waals surface area contributed by atoms with Crippen molar-refractivity contribution in [2.24, 2.45) is 0 Å². The van der Waals surface area contributed by atoms with Crippen molar-refractivity contribution in [2.75, 3.05) is 6.54 Å². The van der Waals surface area contributed by atoms with E-state index in [1.54, 1.807) is 6.20 Å². The Balaban J connectivity index is 1.84. The zero-order chi connectivity index (χ0) is 14.8. The highest BCUT2D eigenvalue weighted by atomic mass is 16.5. The van der Waals surface area contributed by atoms with Crippen LogP contribution in [0, 0.1) is 0 Å². The Labute approximate surface area is 127 Å². The fourth-order valence-electron chi connectivity index (χ4n) is 2.15. The molecule has 3 nitrogen and oxygen atoms in total. The number of aromatic nitrogens is 1. The Bertz CT molecular complexity index is 514. The third kappa shape index (κ3) is 5.56. The molecule has 0 amide bonds. The first-order valence-electron chi connectivity index (χ1n) is 7.71. The van der Waals surface area contributed by atoms with Gasteiger partial charge in [0.25, 0.3) is 0 Å². The average molecular weight is 284 g/mol. The average Bonchev–Trinajstić information content (AvgIpc) is 2.55. The molecule has 0 aliphatic heterocycles. The third-order valence-electron chi connectivity index (χ3n) is 3.35. The molecular weight excluding hydrogens is 260 g/mol. The van der Waals surface area contributed by atoms with Gasteiger partial charge in [0.05, 0.1) is 5.69 Å². The largest absolute Gasteiger partial charge is 0.487 e. The zero-order valence-corrected chi connectivity index (χ0v) is 12.7. The van der Waals surface area contributed by atoms with Crippen molar-refractivity contribution < 1.29 is 4.74 Å². The van der Waals surface area contributed by atoms with Crippen molar-refractivity contribution in [1.82, 2.24) is 10.3 Å². The number of nitrogens with zero attached hydrogens (tertiary/aromatic N) is 1. The van der Waals surface area contributed by atoms with Gasteiger partial charge < -0.3 is 10.1 Å². The van der Waals surface area contributed by atoms with E-state index in [0.29, 0.717) is 6.61 Å². The fourth-order valence-corrected chi connectivity index (χ4v) is 2.15. The molecule has 0 aliphatic rings. The van der Waals surface area contributed by atoms with E-state index >= 15 is 0 Å². The molecule has 2 aromatic rings. The van der Waals surface area contributed by atoms with Crippen LogP contribution < -0.4 is 10.1 Å². The quantitative estimate of drug-likeness (QED) is 0.708. The van der Waals surface area contributed by atoms with Gasteiger partial charge in [-0.2, -0.15) is 0 Å². The second kappa shape index (κ2) is 9.14. The summed E-state index contributed by atoms with van der Waals surface area (Å²) in [5, 5.41) is 3.48. The maximum absolute atomic E-state index is 5.90. The number of unbranched alkanes of at least 4 members (excludes halogenated alkanes) is 2. The molecular formula is C18H24N2O. The Morgan fingerprint density at radius 1 is 1.05 bits per heavy atom. The first kappa shape index (κ1) is 15.5. The summed E-state index contributed by atoms with van der Waals surface area (Å²) in [6.45, 7) is 4.64. The lowest BCUT2D eigenvalue weighted by atomic mass is 10.2. The van der Waals surface area contributed by atoms with E-state index in [4.69, 9.17) is 4.74 Å². The maximum Gasteiger partial charge on any atom is 0.130 e. The summed E-state index contributed by atoms with van der Waals surface area (Å²) >= 11 is 0. The predicted molar refractivity (Wildman–Crippen MR) is 86.2 cm³/mol. The zero-order valence-electron chi connectivity index (χ0n) is 12.7. The molecule has 1 N–H and O–H groups in total. The molecule has 0 spiro atoms. The van der Waals surface area contributed by atoms with Gasteiger partial charge in [-0.3, -0.25) is 4.98 Å². The van der Waals surface area contributed by atoms with Crippen molar-refractivity contribution in [1.29, 1.82) is 0 Å².